The molecule has 146 valence electrons. The summed E-state index contributed by atoms with van der Waals surface area (Å²) < 4.78 is 5.64. The van der Waals surface area contributed by atoms with Crippen LogP contribution in [0.3, 0.4) is 0 Å². The van der Waals surface area contributed by atoms with Crippen molar-refractivity contribution in [2.75, 3.05) is 19.7 Å². The molecule has 1 saturated heterocycles. The summed E-state index contributed by atoms with van der Waals surface area (Å²) >= 11 is 0. The zero-order valence-corrected chi connectivity index (χ0v) is 17.6. The van der Waals surface area contributed by atoms with Crippen molar-refractivity contribution in [2.45, 2.75) is 51.7 Å². The van der Waals surface area contributed by atoms with E-state index in [0.29, 0.717) is 6.54 Å². The van der Waals surface area contributed by atoms with Crippen LogP contribution < -0.4 is 10.6 Å². The van der Waals surface area contributed by atoms with Crippen molar-refractivity contribution in [2.24, 2.45) is 4.99 Å². The van der Waals surface area contributed by atoms with Crippen molar-refractivity contribution in [3.05, 3.63) is 39.9 Å². The maximum Gasteiger partial charge on any atom is 0.269 e. The number of hydrogen-bond acceptors (Lipinski definition) is 4. The molecule has 1 fully saturated rings. The lowest BCUT2D eigenvalue weighted by molar-refractivity contribution is -0.384. The molecule has 1 aliphatic heterocycles. The van der Waals surface area contributed by atoms with Crippen LogP contribution in [0, 0.1) is 10.1 Å². The van der Waals surface area contributed by atoms with Crippen molar-refractivity contribution in [3.8, 4) is 0 Å². The third kappa shape index (κ3) is 8.31. The van der Waals surface area contributed by atoms with Crippen molar-refractivity contribution in [3.63, 3.8) is 0 Å². The number of nitro benzene ring substituents is 1. The number of ether oxygens (including phenoxy) is 1. The minimum Gasteiger partial charge on any atom is -0.376 e. The highest BCUT2D eigenvalue weighted by molar-refractivity contribution is 14.0. The van der Waals surface area contributed by atoms with E-state index >= 15 is 0 Å². The number of non-ortho nitro benzene ring substituents is 1. The molecule has 0 radical (unpaired) electrons. The number of guanidine groups is 1. The van der Waals surface area contributed by atoms with Gasteiger partial charge in [0.1, 0.15) is 0 Å². The summed E-state index contributed by atoms with van der Waals surface area (Å²) in [5.41, 5.74) is 1.04. The Morgan fingerprint density at radius 1 is 1.31 bits per heavy atom. The first-order chi connectivity index (χ1) is 12.2. The molecule has 0 bridgehead atoms. The minimum absolute atomic E-state index is 0. The molecule has 7 nitrogen and oxygen atoms in total. The Kier molecular flexibility index (Phi) is 11.2. The van der Waals surface area contributed by atoms with Crippen molar-refractivity contribution < 1.29 is 9.66 Å². The quantitative estimate of drug-likeness (QED) is 0.142. The van der Waals surface area contributed by atoms with Gasteiger partial charge in [-0.25, -0.2) is 4.99 Å². The van der Waals surface area contributed by atoms with Crippen LogP contribution in [0.5, 0.6) is 0 Å². The van der Waals surface area contributed by atoms with Gasteiger partial charge in [-0.1, -0.05) is 31.9 Å². The molecule has 1 unspecified atom stereocenters. The van der Waals surface area contributed by atoms with E-state index in [1.54, 1.807) is 12.1 Å². The summed E-state index contributed by atoms with van der Waals surface area (Å²) in [6.45, 7) is 5.13. The largest absolute Gasteiger partial charge is 0.376 e. The molecular formula is C18H29IN4O3. The van der Waals surface area contributed by atoms with Crippen LogP contribution in [0.25, 0.3) is 0 Å². The number of rotatable bonds is 9. The Balaban J connectivity index is 0.00000338. The fourth-order valence-corrected chi connectivity index (χ4v) is 2.67. The fraction of sp³-hybridized carbons (Fsp3) is 0.611. The van der Waals surface area contributed by atoms with Crippen molar-refractivity contribution in [1.82, 2.24) is 10.6 Å². The van der Waals surface area contributed by atoms with Crippen LogP contribution in [0.1, 0.15) is 44.6 Å². The van der Waals surface area contributed by atoms with Gasteiger partial charge in [-0.05, 0) is 24.8 Å². The summed E-state index contributed by atoms with van der Waals surface area (Å²) in [5, 5.41) is 17.4. The molecule has 0 spiro atoms. The van der Waals surface area contributed by atoms with Gasteiger partial charge in [-0.2, -0.15) is 0 Å². The normalized spacial score (nSPS) is 16.8. The average Bonchev–Trinajstić information content (AvgIpc) is 3.14. The lowest BCUT2D eigenvalue weighted by Gasteiger charge is -2.15. The molecule has 2 rings (SSSR count). The van der Waals surface area contributed by atoms with E-state index in [2.05, 4.69) is 22.5 Å². The van der Waals surface area contributed by atoms with E-state index in [-0.39, 0.29) is 35.8 Å². The van der Waals surface area contributed by atoms with E-state index in [4.69, 9.17) is 4.74 Å². The predicted molar refractivity (Wildman–Crippen MR) is 114 cm³/mol. The van der Waals surface area contributed by atoms with Crippen LogP contribution in [-0.4, -0.2) is 36.7 Å². The molecule has 8 heteroatoms. The summed E-state index contributed by atoms with van der Waals surface area (Å²) in [5.74, 6) is 0.768. The van der Waals surface area contributed by atoms with Gasteiger partial charge in [0.2, 0.25) is 0 Å². The van der Waals surface area contributed by atoms with Gasteiger partial charge in [0, 0.05) is 31.8 Å². The SMILES string of the molecule is CCCCCNC(=NCc1ccc([N+](=O)[O-])cc1)NCC1CCCO1.I. The number of nitrogens with one attached hydrogen (secondary N) is 2. The van der Waals surface area contributed by atoms with E-state index in [0.717, 1.165) is 50.5 Å². The van der Waals surface area contributed by atoms with Gasteiger partial charge >= 0.3 is 0 Å². The summed E-state index contributed by atoms with van der Waals surface area (Å²) in [6.07, 6.45) is 5.93. The Morgan fingerprint density at radius 3 is 2.69 bits per heavy atom. The first-order valence-corrected chi connectivity index (χ1v) is 9.06. The third-order valence-electron chi connectivity index (χ3n) is 4.16. The van der Waals surface area contributed by atoms with E-state index in [1.165, 1.54) is 25.0 Å². The maximum absolute atomic E-state index is 10.7. The number of aliphatic imine (C=N–C) groups is 1. The van der Waals surface area contributed by atoms with Crippen LogP contribution in [0.15, 0.2) is 29.3 Å². The Morgan fingerprint density at radius 2 is 2.08 bits per heavy atom. The summed E-state index contributed by atoms with van der Waals surface area (Å²) in [7, 11) is 0. The summed E-state index contributed by atoms with van der Waals surface area (Å²) in [4.78, 5) is 14.9. The second kappa shape index (κ2) is 12.9. The van der Waals surface area contributed by atoms with Gasteiger partial charge < -0.3 is 15.4 Å². The van der Waals surface area contributed by atoms with Crippen LogP contribution in [-0.2, 0) is 11.3 Å². The second-order valence-corrected chi connectivity index (χ2v) is 6.24. The molecular weight excluding hydrogens is 447 g/mol. The number of nitro groups is 1. The zero-order valence-electron chi connectivity index (χ0n) is 15.3. The number of nitrogens with zero attached hydrogens (tertiary/aromatic N) is 2. The third-order valence-corrected chi connectivity index (χ3v) is 4.16. The molecule has 0 aliphatic carbocycles. The summed E-state index contributed by atoms with van der Waals surface area (Å²) in [6, 6.07) is 6.52. The first-order valence-electron chi connectivity index (χ1n) is 9.06. The minimum atomic E-state index is -0.392. The highest BCUT2D eigenvalue weighted by Gasteiger charge is 2.15. The zero-order chi connectivity index (χ0) is 17.9. The van der Waals surface area contributed by atoms with Gasteiger partial charge in [0.25, 0.3) is 5.69 Å². The standard InChI is InChI=1S/C18H28N4O3.HI/c1-2-3-4-11-19-18(21-14-17-6-5-12-25-17)20-13-15-7-9-16(10-8-15)22(23)24;/h7-10,17H,2-6,11-14H2,1H3,(H2,19,20,21);1H. The van der Waals surface area contributed by atoms with Gasteiger partial charge in [-0.3, -0.25) is 10.1 Å². The molecule has 0 amide bonds. The molecule has 0 saturated carbocycles. The topological polar surface area (TPSA) is 88.8 Å². The number of unbranched alkanes of at least 4 members (excludes halogenated alkanes) is 2. The molecule has 2 N–H and O–H groups in total. The van der Waals surface area contributed by atoms with Gasteiger partial charge in [0.15, 0.2) is 5.96 Å². The van der Waals surface area contributed by atoms with Crippen LogP contribution in [0.4, 0.5) is 5.69 Å². The Labute approximate surface area is 172 Å². The van der Waals surface area contributed by atoms with E-state index in [1.807, 2.05) is 0 Å². The van der Waals surface area contributed by atoms with Gasteiger partial charge in [-0.15, -0.1) is 24.0 Å². The lowest BCUT2D eigenvalue weighted by Crippen LogP contribution is -2.41. The van der Waals surface area contributed by atoms with Crippen molar-refractivity contribution >= 4 is 35.6 Å². The molecule has 0 aromatic heterocycles. The van der Waals surface area contributed by atoms with E-state index in [9.17, 15) is 10.1 Å². The highest BCUT2D eigenvalue weighted by Crippen LogP contribution is 2.13. The Hall–Kier alpha value is -1.42. The van der Waals surface area contributed by atoms with Crippen molar-refractivity contribution in [1.29, 1.82) is 0 Å². The van der Waals surface area contributed by atoms with E-state index < -0.39 is 4.92 Å². The maximum atomic E-state index is 10.7. The molecule has 1 aliphatic rings. The molecule has 26 heavy (non-hydrogen) atoms. The smallest absolute Gasteiger partial charge is 0.269 e. The monoisotopic (exact) mass is 476 g/mol. The predicted octanol–water partition coefficient (Wildman–Crippen LogP) is 3.62. The van der Waals surface area contributed by atoms with Gasteiger partial charge in [0.05, 0.1) is 17.6 Å². The number of halogens is 1. The van der Waals surface area contributed by atoms with Crippen LogP contribution in [0.2, 0.25) is 0 Å². The number of hydrogen-bond donors (Lipinski definition) is 2. The molecule has 1 aromatic rings. The highest BCUT2D eigenvalue weighted by atomic mass is 127. The Bertz CT molecular complexity index is 560. The second-order valence-electron chi connectivity index (χ2n) is 6.24. The molecule has 1 aromatic carbocycles. The average molecular weight is 476 g/mol. The lowest BCUT2D eigenvalue weighted by atomic mass is 10.2. The number of benzene rings is 1. The first kappa shape index (κ1) is 22.6. The molecule has 1 heterocycles. The fourth-order valence-electron chi connectivity index (χ4n) is 2.67. The molecule has 1 atom stereocenters. The van der Waals surface area contributed by atoms with Crippen LogP contribution >= 0.6 is 24.0 Å².